The minimum absolute atomic E-state index is 0.0356. The molecule has 0 aliphatic heterocycles. The van der Waals surface area contributed by atoms with Gasteiger partial charge in [-0.05, 0) is 37.8 Å². The molecule has 24 heavy (non-hydrogen) atoms. The summed E-state index contributed by atoms with van der Waals surface area (Å²) >= 11 is 0. The molecule has 0 spiro atoms. The molecule has 1 aromatic rings. The summed E-state index contributed by atoms with van der Waals surface area (Å²) in [6.07, 6.45) is 11.7. The van der Waals surface area contributed by atoms with E-state index in [-0.39, 0.29) is 11.6 Å². The lowest BCUT2D eigenvalue weighted by atomic mass is 9.88. The fourth-order valence-electron chi connectivity index (χ4n) is 4.22. The summed E-state index contributed by atoms with van der Waals surface area (Å²) < 4.78 is 0. The average Bonchev–Trinajstić information content (AvgIpc) is 2.64. The van der Waals surface area contributed by atoms with Gasteiger partial charge in [0, 0.05) is 29.8 Å². The molecule has 2 fully saturated rings. The van der Waals surface area contributed by atoms with Crippen molar-refractivity contribution in [1.82, 2.24) is 4.90 Å². The van der Waals surface area contributed by atoms with Crippen LogP contribution < -0.4 is 0 Å². The quantitative estimate of drug-likeness (QED) is 0.593. The molecule has 2 aliphatic carbocycles. The summed E-state index contributed by atoms with van der Waals surface area (Å²) in [5, 5.41) is 10.8. The molecule has 3 rings (SSSR count). The molecule has 130 valence electrons. The average molecular weight is 330 g/mol. The highest BCUT2D eigenvalue weighted by atomic mass is 16.6. The molecule has 0 aromatic heterocycles. The van der Waals surface area contributed by atoms with Gasteiger partial charge in [-0.25, -0.2) is 0 Å². The van der Waals surface area contributed by atoms with Gasteiger partial charge in [0.15, 0.2) is 0 Å². The van der Waals surface area contributed by atoms with Gasteiger partial charge in [0.2, 0.25) is 0 Å². The van der Waals surface area contributed by atoms with E-state index in [1.54, 1.807) is 12.1 Å². The first kappa shape index (κ1) is 16.9. The number of rotatable bonds is 4. The van der Waals surface area contributed by atoms with E-state index in [1.165, 1.54) is 50.7 Å². The zero-order valence-electron chi connectivity index (χ0n) is 14.2. The maximum Gasteiger partial charge on any atom is 0.269 e. The van der Waals surface area contributed by atoms with E-state index in [0.29, 0.717) is 17.6 Å². The van der Waals surface area contributed by atoms with Crippen LogP contribution in [0, 0.1) is 10.1 Å². The van der Waals surface area contributed by atoms with E-state index in [2.05, 4.69) is 4.90 Å². The Morgan fingerprint density at radius 1 is 0.875 bits per heavy atom. The molecule has 0 saturated heterocycles. The van der Waals surface area contributed by atoms with Crippen molar-refractivity contribution in [1.29, 1.82) is 0 Å². The van der Waals surface area contributed by atoms with Crippen molar-refractivity contribution in [3.63, 3.8) is 0 Å². The zero-order chi connectivity index (χ0) is 16.9. The van der Waals surface area contributed by atoms with Gasteiger partial charge < -0.3 is 4.90 Å². The number of non-ortho nitro benzene ring substituents is 1. The summed E-state index contributed by atoms with van der Waals surface area (Å²) in [5.74, 6) is 0.0590. The molecule has 0 heterocycles. The van der Waals surface area contributed by atoms with Crippen molar-refractivity contribution in [2.75, 3.05) is 0 Å². The van der Waals surface area contributed by atoms with Crippen LogP contribution >= 0.6 is 0 Å². The van der Waals surface area contributed by atoms with Crippen LogP contribution in [0.5, 0.6) is 0 Å². The minimum Gasteiger partial charge on any atom is -0.333 e. The predicted octanol–water partition coefficient (Wildman–Crippen LogP) is 4.70. The lowest BCUT2D eigenvalue weighted by Gasteiger charge is -2.41. The number of hydrogen-bond acceptors (Lipinski definition) is 3. The highest BCUT2D eigenvalue weighted by Crippen LogP contribution is 2.31. The number of carbonyl (C=O) groups is 1. The van der Waals surface area contributed by atoms with Crippen LogP contribution in [-0.4, -0.2) is 27.8 Å². The highest BCUT2D eigenvalue weighted by Gasteiger charge is 2.33. The molecule has 1 amide bonds. The fraction of sp³-hybridized carbons (Fsp3) is 0.632. The number of amides is 1. The first-order valence-corrected chi connectivity index (χ1v) is 9.24. The fourth-order valence-corrected chi connectivity index (χ4v) is 4.22. The van der Waals surface area contributed by atoms with Gasteiger partial charge in [0.1, 0.15) is 0 Å². The number of nitro benzene ring substituents is 1. The minimum atomic E-state index is -0.422. The van der Waals surface area contributed by atoms with Crippen molar-refractivity contribution in [2.45, 2.75) is 76.3 Å². The van der Waals surface area contributed by atoms with Crippen molar-refractivity contribution >= 4 is 11.6 Å². The Morgan fingerprint density at radius 2 is 1.33 bits per heavy atom. The molecule has 2 saturated carbocycles. The van der Waals surface area contributed by atoms with Crippen LogP contribution in [0.3, 0.4) is 0 Å². The van der Waals surface area contributed by atoms with Crippen molar-refractivity contribution < 1.29 is 9.72 Å². The summed E-state index contributed by atoms with van der Waals surface area (Å²) in [6.45, 7) is 0. The second kappa shape index (κ2) is 7.77. The first-order valence-electron chi connectivity index (χ1n) is 9.24. The van der Waals surface area contributed by atoms with E-state index in [1.807, 2.05) is 0 Å². The van der Waals surface area contributed by atoms with Crippen LogP contribution in [0.2, 0.25) is 0 Å². The summed E-state index contributed by atoms with van der Waals surface area (Å²) in [5.41, 5.74) is 0.616. The third-order valence-electron chi connectivity index (χ3n) is 5.50. The standard InChI is InChI=1S/C19H26N2O3/c22-19(15-11-13-18(14-12-15)21(23)24)20(16-7-3-1-4-8-16)17-9-5-2-6-10-17/h11-14,16-17H,1-10H2. The van der Waals surface area contributed by atoms with Gasteiger partial charge in [-0.2, -0.15) is 0 Å². The van der Waals surface area contributed by atoms with Crippen LogP contribution in [0.25, 0.3) is 0 Å². The molecule has 2 aliphatic rings. The Morgan fingerprint density at radius 3 is 1.75 bits per heavy atom. The molecule has 0 bridgehead atoms. The summed E-state index contributed by atoms with van der Waals surface area (Å²) in [6, 6.07) is 6.77. The topological polar surface area (TPSA) is 63.4 Å². The SMILES string of the molecule is O=C(c1ccc([N+](=O)[O-])cc1)N(C1CCCCC1)C1CCCCC1. The van der Waals surface area contributed by atoms with Gasteiger partial charge in [-0.3, -0.25) is 14.9 Å². The van der Waals surface area contributed by atoms with Crippen LogP contribution in [0.1, 0.15) is 74.6 Å². The third kappa shape index (κ3) is 3.77. The second-order valence-corrected chi connectivity index (χ2v) is 7.10. The van der Waals surface area contributed by atoms with E-state index in [4.69, 9.17) is 0 Å². The van der Waals surface area contributed by atoms with Gasteiger partial charge in [-0.15, -0.1) is 0 Å². The Bertz CT molecular complexity index is 555. The number of nitro groups is 1. The summed E-state index contributed by atoms with van der Waals surface area (Å²) in [7, 11) is 0. The van der Waals surface area contributed by atoms with Gasteiger partial charge >= 0.3 is 0 Å². The van der Waals surface area contributed by atoms with Crippen molar-refractivity contribution in [2.24, 2.45) is 0 Å². The summed E-state index contributed by atoms with van der Waals surface area (Å²) in [4.78, 5) is 25.7. The lowest BCUT2D eigenvalue weighted by Crippen LogP contribution is -2.48. The molecule has 1 aromatic carbocycles. The second-order valence-electron chi connectivity index (χ2n) is 7.10. The third-order valence-corrected chi connectivity index (χ3v) is 5.50. The molecule has 0 radical (unpaired) electrons. The van der Waals surface area contributed by atoms with Crippen LogP contribution in [0.4, 0.5) is 5.69 Å². The molecular weight excluding hydrogens is 304 g/mol. The number of hydrogen-bond donors (Lipinski definition) is 0. The highest BCUT2D eigenvalue weighted by molar-refractivity contribution is 5.95. The van der Waals surface area contributed by atoms with Gasteiger partial charge in [-0.1, -0.05) is 38.5 Å². The Labute approximate surface area is 143 Å². The Hall–Kier alpha value is -1.91. The Kier molecular flexibility index (Phi) is 5.48. The Balaban J connectivity index is 1.82. The first-order chi connectivity index (χ1) is 11.7. The normalized spacial score (nSPS) is 19.8. The molecular formula is C19H26N2O3. The van der Waals surface area contributed by atoms with E-state index in [9.17, 15) is 14.9 Å². The molecule has 0 atom stereocenters. The monoisotopic (exact) mass is 330 g/mol. The van der Waals surface area contributed by atoms with E-state index < -0.39 is 4.92 Å². The number of nitrogens with zero attached hydrogens (tertiary/aromatic N) is 2. The van der Waals surface area contributed by atoms with Crippen LogP contribution in [0.15, 0.2) is 24.3 Å². The van der Waals surface area contributed by atoms with Crippen LogP contribution in [-0.2, 0) is 0 Å². The van der Waals surface area contributed by atoms with E-state index >= 15 is 0 Å². The van der Waals surface area contributed by atoms with Gasteiger partial charge in [0.25, 0.3) is 11.6 Å². The molecule has 0 unspecified atom stereocenters. The van der Waals surface area contributed by atoms with Crippen molar-refractivity contribution in [3.05, 3.63) is 39.9 Å². The zero-order valence-corrected chi connectivity index (χ0v) is 14.2. The maximum atomic E-state index is 13.2. The van der Waals surface area contributed by atoms with Gasteiger partial charge in [0.05, 0.1) is 4.92 Å². The lowest BCUT2D eigenvalue weighted by molar-refractivity contribution is -0.384. The number of carbonyl (C=O) groups excluding carboxylic acids is 1. The largest absolute Gasteiger partial charge is 0.333 e. The molecule has 5 nitrogen and oxygen atoms in total. The van der Waals surface area contributed by atoms with Crippen molar-refractivity contribution in [3.8, 4) is 0 Å². The maximum absolute atomic E-state index is 13.2. The predicted molar refractivity (Wildman–Crippen MR) is 93.0 cm³/mol. The molecule has 5 heteroatoms. The smallest absolute Gasteiger partial charge is 0.269 e. The van der Waals surface area contributed by atoms with E-state index in [0.717, 1.165) is 25.7 Å². The number of benzene rings is 1. The molecule has 0 N–H and O–H groups in total.